The van der Waals surface area contributed by atoms with Gasteiger partial charge >= 0.3 is 0 Å². The van der Waals surface area contributed by atoms with Gasteiger partial charge in [-0.2, -0.15) is 0 Å². The molecule has 0 spiro atoms. The maximum atomic E-state index is 12.1. The highest BCUT2D eigenvalue weighted by molar-refractivity contribution is 5.94. The molecule has 4 nitrogen and oxygen atoms in total. The van der Waals surface area contributed by atoms with Gasteiger partial charge in [-0.05, 0) is 38.4 Å². The SMILES string of the molecule is CN(C)C(CNC(=O)c1ccccc1)c1cccn1C. The van der Waals surface area contributed by atoms with Crippen LogP contribution in [0.4, 0.5) is 0 Å². The van der Waals surface area contributed by atoms with Crippen molar-refractivity contribution >= 4 is 5.91 Å². The molecular formula is C16H21N3O. The number of carbonyl (C=O) groups is 1. The highest BCUT2D eigenvalue weighted by Crippen LogP contribution is 2.17. The molecule has 20 heavy (non-hydrogen) atoms. The first-order valence-corrected chi connectivity index (χ1v) is 6.70. The molecule has 1 heterocycles. The quantitative estimate of drug-likeness (QED) is 0.904. The normalized spacial score (nSPS) is 12.4. The maximum Gasteiger partial charge on any atom is 0.251 e. The van der Waals surface area contributed by atoms with Gasteiger partial charge in [-0.3, -0.25) is 9.69 Å². The average Bonchev–Trinajstić information content (AvgIpc) is 2.86. The van der Waals surface area contributed by atoms with Gasteiger partial charge in [-0.25, -0.2) is 0 Å². The Morgan fingerprint density at radius 2 is 1.90 bits per heavy atom. The molecule has 1 aromatic heterocycles. The third-order valence-electron chi connectivity index (χ3n) is 3.44. The van der Waals surface area contributed by atoms with E-state index in [0.717, 1.165) is 0 Å². The Bertz CT molecular complexity index is 560. The van der Waals surface area contributed by atoms with Crippen LogP contribution in [-0.2, 0) is 7.05 Å². The molecule has 1 aromatic carbocycles. The molecular weight excluding hydrogens is 250 g/mol. The van der Waals surface area contributed by atoms with Crippen molar-refractivity contribution in [1.82, 2.24) is 14.8 Å². The number of amides is 1. The summed E-state index contributed by atoms with van der Waals surface area (Å²) in [6.07, 6.45) is 2.02. The minimum atomic E-state index is -0.0355. The molecule has 0 aliphatic heterocycles. The van der Waals surface area contributed by atoms with Gasteiger partial charge in [0.1, 0.15) is 0 Å². The average molecular weight is 271 g/mol. The van der Waals surface area contributed by atoms with Crippen LogP contribution in [0.2, 0.25) is 0 Å². The molecule has 2 rings (SSSR count). The maximum absolute atomic E-state index is 12.1. The second kappa shape index (κ2) is 6.39. The van der Waals surface area contributed by atoms with E-state index in [0.29, 0.717) is 12.1 Å². The van der Waals surface area contributed by atoms with Gasteiger partial charge < -0.3 is 9.88 Å². The molecule has 0 saturated heterocycles. The number of benzene rings is 1. The summed E-state index contributed by atoms with van der Waals surface area (Å²) >= 11 is 0. The van der Waals surface area contributed by atoms with Crippen LogP contribution in [0.1, 0.15) is 22.1 Å². The third-order valence-corrected chi connectivity index (χ3v) is 3.44. The zero-order valence-electron chi connectivity index (χ0n) is 12.2. The van der Waals surface area contributed by atoms with Crippen molar-refractivity contribution in [1.29, 1.82) is 0 Å². The predicted molar refractivity (Wildman–Crippen MR) is 80.6 cm³/mol. The number of nitrogens with one attached hydrogen (secondary N) is 1. The minimum Gasteiger partial charge on any atom is -0.353 e. The van der Waals surface area contributed by atoms with Crippen molar-refractivity contribution in [2.75, 3.05) is 20.6 Å². The Balaban J connectivity index is 2.04. The fourth-order valence-corrected chi connectivity index (χ4v) is 2.25. The number of aromatic nitrogens is 1. The number of aryl methyl sites for hydroxylation is 1. The molecule has 1 amide bonds. The second-order valence-corrected chi connectivity index (χ2v) is 5.10. The van der Waals surface area contributed by atoms with Crippen LogP contribution in [0.3, 0.4) is 0 Å². The summed E-state index contributed by atoms with van der Waals surface area (Å²) in [4.78, 5) is 14.2. The van der Waals surface area contributed by atoms with Crippen molar-refractivity contribution in [3.8, 4) is 0 Å². The van der Waals surface area contributed by atoms with Gasteiger partial charge in [0.05, 0.1) is 6.04 Å². The highest BCUT2D eigenvalue weighted by Gasteiger charge is 2.17. The van der Waals surface area contributed by atoms with Crippen LogP contribution < -0.4 is 5.32 Å². The van der Waals surface area contributed by atoms with E-state index in [1.54, 1.807) is 0 Å². The third kappa shape index (κ3) is 3.27. The van der Waals surface area contributed by atoms with Crippen LogP contribution in [0, 0.1) is 0 Å². The van der Waals surface area contributed by atoms with Crippen molar-refractivity contribution in [2.45, 2.75) is 6.04 Å². The number of likely N-dealkylation sites (N-methyl/N-ethyl adjacent to an activating group) is 1. The number of hydrogen-bond donors (Lipinski definition) is 1. The molecule has 4 heteroatoms. The van der Waals surface area contributed by atoms with Crippen molar-refractivity contribution in [3.05, 3.63) is 59.9 Å². The van der Waals surface area contributed by atoms with Crippen molar-refractivity contribution in [2.24, 2.45) is 7.05 Å². The number of carbonyl (C=O) groups excluding carboxylic acids is 1. The first-order chi connectivity index (χ1) is 9.59. The lowest BCUT2D eigenvalue weighted by atomic mass is 10.1. The topological polar surface area (TPSA) is 37.3 Å². The molecule has 2 aromatic rings. The van der Waals surface area contributed by atoms with Crippen LogP contribution in [0.25, 0.3) is 0 Å². The zero-order valence-corrected chi connectivity index (χ0v) is 12.2. The first kappa shape index (κ1) is 14.3. The molecule has 0 fully saturated rings. The summed E-state index contributed by atoms with van der Waals surface area (Å²) in [5.41, 5.74) is 1.88. The zero-order chi connectivity index (χ0) is 14.5. The molecule has 0 radical (unpaired) electrons. The van der Waals surface area contributed by atoms with Crippen LogP contribution in [0.5, 0.6) is 0 Å². The lowest BCUT2D eigenvalue weighted by molar-refractivity contribution is 0.0941. The van der Waals surface area contributed by atoms with Gasteiger partial charge in [0, 0.05) is 31.0 Å². The minimum absolute atomic E-state index is 0.0355. The molecule has 0 aliphatic rings. The predicted octanol–water partition coefficient (Wildman–Crippen LogP) is 2.06. The molecule has 1 N–H and O–H groups in total. The molecule has 0 aliphatic carbocycles. The van der Waals surface area contributed by atoms with Gasteiger partial charge in [-0.1, -0.05) is 18.2 Å². The van der Waals surface area contributed by atoms with E-state index in [2.05, 4.69) is 20.9 Å². The summed E-state index contributed by atoms with van der Waals surface area (Å²) in [7, 11) is 6.06. The van der Waals surface area contributed by atoms with Gasteiger partial charge in [0.15, 0.2) is 0 Å². The first-order valence-electron chi connectivity index (χ1n) is 6.70. The Morgan fingerprint density at radius 1 is 1.20 bits per heavy atom. The summed E-state index contributed by atoms with van der Waals surface area (Å²) in [5.74, 6) is -0.0355. The number of nitrogens with zero attached hydrogens (tertiary/aromatic N) is 2. The molecule has 0 saturated carbocycles. The van der Waals surface area contributed by atoms with Crippen LogP contribution in [0.15, 0.2) is 48.7 Å². The Hall–Kier alpha value is -2.07. The Labute approximate surface area is 120 Å². The van der Waals surface area contributed by atoms with Crippen LogP contribution in [-0.4, -0.2) is 36.0 Å². The van der Waals surface area contributed by atoms with Gasteiger partial charge in [-0.15, -0.1) is 0 Å². The Morgan fingerprint density at radius 3 is 2.45 bits per heavy atom. The van der Waals surface area contributed by atoms with E-state index >= 15 is 0 Å². The fraction of sp³-hybridized carbons (Fsp3) is 0.312. The van der Waals surface area contributed by atoms with E-state index in [1.165, 1.54) is 5.69 Å². The summed E-state index contributed by atoms with van der Waals surface area (Å²) in [6.45, 7) is 0.582. The number of hydrogen-bond acceptors (Lipinski definition) is 2. The summed E-state index contributed by atoms with van der Waals surface area (Å²) in [6, 6.07) is 13.5. The van der Waals surface area contributed by atoms with Gasteiger partial charge in [0.2, 0.25) is 0 Å². The Kier molecular flexibility index (Phi) is 4.58. The monoisotopic (exact) mass is 271 g/mol. The van der Waals surface area contributed by atoms with E-state index < -0.39 is 0 Å². The molecule has 1 atom stereocenters. The van der Waals surface area contributed by atoms with Crippen LogP contribution >= 0.6 is 0 Å². The van der Waals surface area contributed by atoms with E-state index in [4.69, 9.17) is 0 Å². The fourth-order valence-electron chi connectivity index (χ4n) is 2.25. The summed E-state index contributed by atoms with van der Waals surface area (Å²) < 4.78 is 2.08. The van der Waals surface area contributed by atoms with E-state index in [-0.39, 0.29) is 11.9 Å². The second-order valence-electron chi connectivity index (χ2n) is 5.10. The van der Waals surface area contributed by atoms with E-state index in [1.807, 2.05) is 63.7 Å². The molecule has 0 bridgehead atoms. The van der Waals surface area contributed by atoms with E-state index in [9.17, 15) is 4.79 Å². The number of rotatable bonds is 5. The summed E-state index contributed by atoms with van der Waals surface area (Å²) in [5, 5.41) is 3.00. The van der Waals surface area contributed by atoms with Crippen molar-refractivity contribution < 1.29 is 4.79 Å². The lowest BCUT2D eigenvalue weighted by Gasteiger charge is -2.25. The largest absolute Gasteiger partial charge is 0.353 e. The molecule has 106 valence electrons. The van der Waals surface area contributed by atoms with Gasteiger partial charge in [0.25, 0.3) is 5.91 Å². The smallest absolute Gasteiger partial charge is 0.251 e. The van der Waals surface area contributed by atoms with Crippen molar-refractivity contribution in [3.63, 3.8) is 0 Å². The standard InChI is InChI=1S/C16H21N3O/c1-18(2)15(14-10-7-11-19(14)3)12-17-16(20)13-8-5-4-6-9-13/h4-11,15H,12H2,1-3H3,(H,17,20). The lowest BCUT2D eigenvalue weighted by Crippen LogP contribution is -2.35. The highest BCUT2D eigenvalue weighted by atomic mass is 16.1. The molecule has 1 unspecified atom stereocenters.